The summed E-state index contributed by atoms with van der Waals surface area (Å²) in [7, 11) is 0. The highest BCUT2D eigenvalue weighted by molar-refractivity contribution is 7.99. The number of alkyl halides is 3. The van der Waals surface area contributed by atoms with Crippen LogP contribution in [0.5, 0.6) is 0 Å². The van der Waals surface area contributed by atoms with Crippen molar-refractivity contribution >= 4 is 35.0 Å². The number of carbonyl (C=O) groups excluding carboxylic acids is 1. The van der Waals surface area contributed by atoms with Crippen molar-refractivity contribution in [2.75, 3.05) is 12.3 Å². The molecule has 0 aliphatic carbocycles. The third kappa shape index (κ3) is 9.26. The van der Waals surface area contributed by atoms with Crippen molar-refractivity contribution in [2.45, 2.75) is 24.9 Å². The molecule has 0 bridgehead atoms. The first kappa shape index (κ1) is 24.5. The molecule has 168 valence electrons. The van der Waals surface area contributed by atoms with E-state index in [-0.39, 0.29) is 5.91 Å². The minimum Gasteiger partial charge on any atom is -0.475 e. The molecule has 0 saturated heterocycles. The molecule has 31 heavy (non-hydrogen) atoms. The molecule has 0 fully saturated rings. The molecule has 0 unspecified atom stereocenters. The van der Waals surface area contributed by atoms with Crippen LogP contribution in [0.4, 0.5) is 13.2 Å². The largest absolute Gasteiger partial charge is 0.490 e. The Hall–Kier alpha value is -2.80. The molecular weight excluding hydrogens is 457 g/mol. The number of nitrogens with one attached hydrogen (secondary N) is 1. The number of aliphatic carboxylic acids is 1. The summed E-state index contributed by atoms with van der Waals surface area (Å²) >= 11 is 3.15. The lowest BCUT2D eigenvalue weighted by Crippen LogP contribution is -2.26. The molecule has 3 rings (SSSR count). The van der Waals surface area contributed by atoms with Gasteiger partial charge in [-0.3, -0.25) is 4.79 Å². The zero-order chi connectivity index (χ0) is 22.7. The Morgan fingerprint density at radius 1 is 1.35 bits per heavy atom. The molecule has 0 atom stereocenters. The lowest BCUT2D eigenvalue weighted by atomic mass is 10.3. The van der Waals surface area contributed by atoms with E-state index in [4.69, 9.17) is 14.4 Å². The van der Waals surface area contributed by atoms with E-state index in [9.17, 15) is 18.0 Å². The molecule has 13 heteroatoms. The molecule has 3 aromatic heterocycles. The Morgan fingerprint density at radius 3 is 2.74 bits per heavy atom. The maximum absolute atomic E-state index is 11.8. The van der Waals surface area contributed by atoms with Crippen molar-refractivity contribution in [3.8, 4) is 10.6 Å². The fourth-order valence-electron chi connectivity index (χ4n) is 2.12. The molecule has 0 aromatic carbocycles. The Morgan fingerprint density at radius 2 is 2.13 bits per heavy atom. The molecule has 0 aliphatic rings. The standard InChI is InChI=1S/C16H18N4O2S2.C2HF3O2/c21-16(18-4-2-6-20-7-5-17-12-20)11-23-10-13-9-14(22-19-13)15-3-1-8-24-15;3-2(4,5)1(6)7/h1,3,5,7-9,12H,2,4,6,10-11H2,(H,18,21);(H,6,7). The lowest BCUT2D eigenvalue weighted by molar-refractivity contribution is -0.192. The number of carboxylic acids is 1. The maximum Gasteiger partial charge on any atom is 0.490 e. The van der Waals surface area contributed by atoms with Gasteiger partial charge in [0.15, 0.2) is 5.76 Å². The summed E-state index contributed by atoms with van der Waals surface area (Å²) in [4.78, 5) is 25.7. The van der Waals surface area contributed by atoms with E-state index >= 15 is 0 Å². The van der Waals surface area contributed by atoms with Gasteiger partial charge in [-0.2, -0.15) is 13.2 Å². The number of imidazole rings is 1. The van der Waals surface area contributed by atoms with Gasteiger partial charge in [0.1, 0.15) is 0 Å². The van der Waals surface area contributed by atoms with E-state index in [0.717, 1.165) is 29.3 Å². The SMILES string of the molecule is O=C(CSCc1cc(-c2cccs2)on1)NCCCn1ccnc1.O=C(O)C(F)(F)F. The number of aryl methyl sites for hydroxylation is 1. The number of aromatic nitrogens is 3. The second-order valence-corrected chi connectivity index (χ2v) is 7.89. The first-order valence-electron chi connectivity index (χ1n) is 8.85. The monoisotopic (exact) mass is 476 g/mol. The molecule has 0 spiro atoms. The summed E-state index contributed by atoms with van der Waals surface area (Å²) in [5.74, 6) is -0.839. The summed E-state index contributed by atoms with van der Waals surface area (Å²) in [5, 5.41) is 16.1. The molecule has 0 aliphatic heterocycles. The van der Waals surface area contributed by atoms with Crippen molar-refractivity contribution in [3.63, 3.8) is 0 Å². The predicted octanol–water partition coefficient (Wildman–Crippen LogP) is 3.67. The van der Waals surface area contributed by atoms with Gasteiger partial charge in [-0.1, -0.05) is 11.2 Å². The van der Waals surface area contributed by atoms with Crippen LogP contribution in [-0.2, 0) is 21.9 Å². The molecular formula is C18H19F3N4O4S2. The zero-order valence-corrected chi connectivity index (χ0v) is 17.7. The van der Waals surface area contributed by atoms with Crippen molar-refractivity contribution in [1.82, 2.24) is 20.0 Å². The summed E-state index contributed by atoms with van der Waals surface area (Å²) in [6.45, 7) is 1.53. The van der Waals surface area contributed by atoms with Gasteiger partial charge in [-0.25, -0.2) is 9.78 Å². The van der Waals surface area contributed by atoms with Gasteiger partial charge < -0.3 is 19.5 Å². The summed E-state index contributed by atoms with van der Waals surface area (Å²) in [6, 6.07) is 5.91. The Labute approximate surface area is 183 Å². The van der Waals surface area contributed by atoms with Gasteiger partial charge in [-0.15, -0.1) is 23.1 Å². The molecule has 0 radical (unpaired) electrons. The molecule has 3 heterocycles. The van der Waals surface area contributed by atoms with Crippen LogP contribution in [0.1, 0.15) is 12.1 Å². The number of thiophene rings is 1. The number of halogens is 3. The molecule has 3 aromatic rings. The van der Waals surface area contributed by atoms with Crippen LogP contribution in [-0.4, -0.2) is 50.2 Å². The minimum absolute atomic E-state index is 0.0487. The molecule has 2 N–H and O–H groups in total. The van der Waals surface area contributed by atoms with Crippen LogP contribution in [0.2, 0.25) is 0 Å². The van der Waals surface area contributed by atoms with E-state index in [0.29, 0.717) is 18.1 Å². The van der Waals surface area contributed by atoms with Crippen LogP contribution < -0.4 is 5.32 Å². The molecule has 8 nitrogen and oxygen atoms in total. The number of hydrogen-bond acceptors (Lipinski definition) is 7. The molecule has 1 amide bonds. The van der Waals surface area contributed by atoms with E-state index in [1.807, 2.05) is 34.3 Å². The fourth-order valence-corrected chi connectivity index (χ4v) is 3.53. The second-order valence-electron chi connectivity index (χ2n) is 5.96. The number of carbonyl (C=O) groups is 2. The van der Waals surface area contributed by atoms with Crippen LogP contribution in [0.25, 0.3) is 10.6 Å². The average Bonchev–Trinajstić information content (AvgIpc) is 3.47. The smallest absolute Gasteiger partial charge is 0.475 e. The Bertz CT molecular complexity index is 928. The van der Waals surface area contributed by atoms with E-state index in [1.54, 1.807) is 23.9 Å². The van der Waals surface area contributed by atoms with Gasteiger partial charge in [0, 0.05) is 37.3 Å². The van der Waals surface area contributed by atoms with Crippen LogP contribution in [0, 0.1) is 0 Å². The zero-order valence-electron chi connectivity index (χ0n) is 16.0. The highest BCUT2D eigenvalue weighted by Gasteiger charge is 2.38. The summed E-state index contributed by atoms with van der Waals surface area (Å²) in [6.07, 6.45) is 1.25. The highest BCUT2D eigenvalue weighted by Crippen LogP contribution is 2.26. The maximum atomic E-state index is 11.8. The van der Waals surface area contributed by atoms with E-state index < -0.39 is 12.1 Å². The minimum atomic E-state index is -5.08. The number of carboxylic acid groups (broad SMARTS) is 1. The number of nitrogens with zero attached hydrogens (tertiary/aromatic N) is 3. The van der Waals surface area contributed by atoms with Crippen molar-refractivity contribution in [3.05, 3.63) is 48.0 Å². The van der Waals surface area contributed by atoms with E-state index in [1.165, 1.54) is 11.8 Å². The van der Waals surface area contributed by atoms with Gasteiger partial charge in [0.2, 0.25) is 5.91 Å². The van der Waals surface area contributed by atoms with Crippen molar-refractivity contribution in [2.24, 2.45) is 0 Å². The normalized spacial score (nSPS) is 10.9. The molecule has 0 saturated carbocycles. The third-order valence-electron chi connectivity index (χ3n) is 3.52. The first-order valence-corrected chi connectivity index (χ1v) is 10.9. The number of amides is 1. The Balaban J connectivity index is 0.000000423. The predicted molar refractivity (Wildman–Crippen MR) is 110 cm³/mol. The number of thioether (sulfide) groups is 1. The average molecular weight is 477 g/mol. The summed E-state index contributed by atoms with van der Waals surface area (Å²) in [5.41, 5.74) is 0.858. The number of rotatable bonds is 9. The van der Waals surface area contributed by atoms with Crippen molar-refractivity contribution in [1.29, 1.82) is 0 Å². The quantitative estimate of drug-likeness (QED) is 0.454. The highest BCUT2D eigenvalue weighted by atomic mass is 32.2. The lowest BCUT2D eigenvalue weighted by Gasteiger charge is -2.05. The summed E-state index contributed by atoms with van der Waals surface area (Å²) < 4.78 is 39.1. The van der Waals surface area contributed by atoms with Gasteiger partial charge in [0.05, 0.1) is 22.7 Å². The first-order chi connectivity index (χ1) is 14.8. The van der Waals surface area contributed by atoms with Crippen molar-refractivity contribution < 1.29 is 32.4 Å². The Kier molecular flexibility index (Phi) is 9.59. The van der Waals surface area contributed by atoms with Gasteiger partial charge >= 0.3 is 12.1 Å². The van der Waals surface area contributed by atoms with Gasteiger partial charge in [0.25, 0.3) is 0 Å². The fraction of sp³-hybridized carbons (Fsp3) is 0.333. The second kappa shape index (κ2) is 12.2. The topological polar surface area (TPSA) is 110 Å². The third-order valence-corrected chi connectivity index (χ3v) is 5.37. The van der Waals surface area contributed by atoms with Gasteiger partial charge in [-0.05, 0) is 17.9 Å². The van der Waals surface area contributed by atoms with Crippen LogP contribution in [0.15, 0.2) is 46.8 Å². The van der Waals surface area contributed by atoms with Crippen LogP contribution in [0.3, 0.4) is 0 Å². The number of hydrogen-bond donors (Lipinski definition) is 2. The van der Waals surface area contributed by atoms with Crippen LogP contribution >= 0.6 is 23.1 Å². The van der Waals surface area contributed by atoms with E-state index in [2.05, 4.69) is 15.5 Å².